The van der Waals surface area contributed by atoms with Crippen molar-refractivity contribution in [1.82, 2.24) is 10.2 Å². The zero-order valence-corrected chi connectivity index (χ0v) is 15.1. The summed E-state index contributed by atoms with van der Waals surface area (Å²) >= 11 is 0. The van der Waals surface area contributed by atoms with Crippen LogP contribution in [-0.2, 0) is 17.9 Å². The van der Waals surface area contributed by atoms with Gasteiger partial charge in [0.1, 0.15) is 11.5 Å². The molecule has 1 N–H and O–H groups in total. The highest BCUT2D eigenvalue weighted by atomic mass is 16.5. The molecule has 2 aromatic rings. The molecule has 5 heteroatoms. The average molecular weight is 342 g/mol. The smallest absolute Gasteiger partial charge is 0.234 e. The fourth-order valence-electron chi connectivity index (χ4n) is 2.47. The van der Waals surface area contributed by atoms with E-state index in [1.165, 1.54) is 0 Å². The number of carbonyl (C=O) groups excluding carboxylic acids is 1. The van der Waals surface area contributed by atoms with Gasteiger partial charge in [-0.2, -0.15) is 0 Å². The second-order valence-corrected chi connectivity index (χ2v) is 5.87. The fourth-order valence-corrected chi connectivity index (χ4v) is 2.47. The highest BCUT2D eigenvalue weighted by Crippen LogP contribution is 2.13. The van der Waals surface area contributed by atoms with Gasteiger partial charge >= 0.3 is 0 Å². The zero-order valence-electron chi connectivity index (χ0n) is 15.1. The summed E-state index contributed by atoms with van der Waals surface area (Å²) in [4.78, 5) is 14.1. The Morgan fingerprint density at radius 2 is 1.60 bits per heavy atom. The molecule has 0 heterocycles. The first kappa shape index (κ1) is 18.8. The largest absolute Gasteiger partial charge is 0.497 e. The van der Waals surface area contributed by atoms with Crippen molar-refractivity contribution < 1.29 is 14.3 Å². The summed E-state index contributed by atoms with van der Waals surface area (Å²) in [5.41, 5.74) is 2.19. The predicted molar refractivity (Wildman–Crippen MR) is 98.8 cm³/mol. The standard InChI is InChI=1S/C20H26N2O3/c1-4-25-19-11-7-17(8-12-19)14-22(2)15-20(23)21-13-16-5-9-18(24-3)10-6-16/h5-12H,4,13-15H2,1-3H3,(H,21,23). The normalized spacial score (nSPS) is 10.6. The van der Waals surface area contributed by atoms with Gasteiger partial charge in [0.15, 0.2) is 0 Å². The lowest BCUT2D eigenvalue weighted by Crippen LogP contribution is -2.34. The lowest BCUT2D eigenvalue weighted by atomic mass is 10.2. The van der Waals surface area contributed by atoms with Crippen molar-refractivity contribution in [3.8, 4) is 11.5 Å². The van der Waals surface area contributed by atoms with Crippen molar-refractivity contribution in [3.05, 3.63) is 59.7 Å². The minimum Gasteiger partial charge on any atom is -0.497 e. The molecule has 2 aromatic carbocycles. The number of carbonyl (C=O) groups is 1. The third-order valence-electron chi connectivity index (χ3n) is 3.75. The molecule has 0 saturated heterocycles. The molecule has 5 nitrogen and oxygen atoms in total. The van der Waals surface area contributed by atoms with E-state index in [1.807, 2.05) is 67.4 Å². The van der Waals surface area contributed by atoms with E-state index in [4.69, 9.17) is 9.47 Å². The Bertz CT molecular complexity index is 654. The maximum Gasteiger partial charge on any atom is 0.234 e. The first-order valence-corrected chi connectivity index (χ1v) is 8.40. The minimum atomic E-state index is 0.00394. The average Bonchev–Trinajstić information content (AvgIpc) is 2.62. The Morgan fingerprint density at radius 1 is 1.00 bits per heavy atom. The van der Waals surface area contributed by atoms with Gasteiger partial charge in [0.25, 0.3) is 0 Å². The third kappa shape index (κ3) is 6.47. The van der Waals surface area contributed by atoms with E-state index < -0.39 is 0 Å². The maximum atomic E-state index is 12.1. The van der Waals surface area contributed by atoms with Crippen LogP contribution in [0.2, 0.25) is 0 Å². The molecule has 1 amide bonds. The van der Waals surface area contributed by atoms with Crippen LogP contribution in [0.4, 0.5) is 0 Å². The Kier molecular flexibility index (Phi) is 7.29. The highest BCUT2D eigenvalue weighted by molar-refractivity contribution is 5.77. The predicted octanol–water partition coefficient (Wildman–Crippen LogP) is 2.84. The van der Waals surface area contributed by atoms with E-state index in [9.17, 15) is 4.79 Å². The molecule has 0 bridgehead atoms. The van der Waals surface area contributed by atoms with Gasteiger partial charge in [-0.25, -0.2) is 0 Å². The van der Waals surface area contributed by atoms with Crippen LogP contribution in [0.3, 0.4) is 0 Å². The van der Waals surface area contributed by atoms with Crippen LogP contribution in [0, 0.1) is 0 Å². The van der Waals surface area contributed by atoms with E-state index in [1.54, 1.807) is 7.11 Å². The van der Waals surface area contributed by atoms with Crippen molar-refractivity contribution in [2.24, 2.45) is 0 Å². The number of hydrogen-bond acceptors (Lipinski definition) is 4. The molecule has 134 valence electrons. The van der Waals surface area contributed by atoms with Crippen molar-refractivity contribution in [3.63, 3.8) is 0 Å². The van der Waals surface area contributed by atoms with Crippen LogP contribution in [-0.4, -0.2) is 38.1 Å². The molecule has 0 aliphatic rings. The lowest BCUT2D eigenvalue weighted by molar-refractivity contribution is -0.122. The number of rotatable bonds is 9. The van der Waals surface area contributed by atoms with E-state index >= 15 is 0 Å². The van der Waals surface area contributed by atoms with Gasteiger partial charge in [-0.05, 0) is 49.4 Å². The molecule has 0 saturated carbocycles. The molecule has 0 aliphatic heterocycles. The zero-order chi connectivity index (χ0) is 18.1. The molecule has 0 spiro atoms. The fraction of sp³-hybridized carbons (Fsp3) is 0.350. The Morgan fingerprint density at radius 3 is 2.20 bits per heavy atom. The van der Waals surface area contributed by atoms with Crippen molar-refractivity contribution >= 4 is 5.91 Å². The summed E-state index contributed by atoms with van der Waals surface area (Å²) in [6.07, 6.45) is 0. The monoisotopic (exact) mass is 342 g/mol. The second-order valence-electron chi connectivity index (χ2n) is 5.87. The summed E-state index contributed by atoms with van der Waals surface area (Å²) in [7, 11) is 3.57. The molecular formula is C20H26N2O3. The second kappa shape index (κ2) is 9.69. The molecule has 25 heavy (non-hydrogen) atoms. The number of likely N-dealkylation sites (N-methyl/N-ethyl adjacent to an activating group) is 1. The van der Waals surface area contributed by atoms with Gasteiger partial charge in [-0.15, -0.1) is 0 Å². The Balaban J connectivity index is 1.75. The van der Waals surface area contributed by atoms with E-state index in [0.717, 1.165) is 22.6 Å². The van der Waals surface area contributed by atoms with E-state index in [2.05, 4.69) is 5.32 Å². The van der Waals surface area contributed by atoms with Crippen LogP contribution < -0.4 is 14.8 Å². The number of amides is 1. The minimum absolute atomic E-state index is 0.00394. The molecule has 0 aliphatic carbocycles. The number of benzene rings is 2. The van der Waals surface area contributed by atoms with Gasteiger partial charge in [0.05, 0.1) is 20.3 Å². The van der Waals surface area contributed by atoms with E-state index in [-0.39, 0.29) is 5.91 Å². The SMILES string of the molecule is CCOc1ccc(CN(C)CC(=O)NCc2ccc(OC)cc2)cc1. The summed E-state index contributed by atoms with van der Waals surface area (Å²) in [6.45, 7) is 4.20. The quantitative estimate of drug-likeness (QED) is 0.761. The van der Waals surface area contributed by atoms with Crippen LogP contribution in [0.25, 0.3) is 0 Å². The Hall–Kier alpha value is -2.53. The summed E-state index contributed by atoms with van der Waals surface area (Å²) in [5.74, 6) is 1.68. The van der Waals surface area contributed by atoms with Gasteiger partial charge in [-0.1, -0.05) is 24.3 Å². The van der Waals surface area contributed by atoms with Crippen LogP contribution in [0.5, 0.6) is 11.5 Å². The number of nitrogens with zero attached hydrogens (tertiary/aromatic N) is 1. The molecule has 0 fully saturated rings. The molecule has 0 atom stereocenters. The number of nitrogens with one attached hydrogen (secondary N) is 1. The summed E-state index contributed by atoms with van der Waals surface area (Å²) < 4.78 is 10.6. The summed E-state index contributed by atoms with van der Waals surface area (Å²) in [6, 6.07) is 15.6. The molecular weight excluding hydrogens is 316 g/mol. The van der Waals surface area contributed by atoms with Gasteiger partial charge in [0, 0.05) is 13.1 Å². The molecule has 0 radical (unpaired) electrons. The molecule has 2 rings (SSSR count). The Labute approximate surface area is 149 Å². The van der Waals surface area contributed by atoms with E-state index in [0.29, 0.717) is 26.2 Å². The first-order chi connectivity index (χ1) is 12.1. The van der Waals surface area contributed by atoms with Crippen molar-refractivity contribution in [2.45, 2.75) is 20.0 Å². The molecule has 0 unspecified atom stereocenters. The van der Waals surface area contributed by atoms with Crippen LogP contribution in [0.15, 0.2) is 48.5 Å². The maximum absolute atomic E-state index is 12.1. The van der Waals surface area contributed by atoms with Crippen LogP contribution in [0.1, 0.15) is 18.1 Å². The summed E-state index contributed by atoms with van der Waals surface area (Å²) in [5, 5.41) is 2.94. The van der Waals surface area contributed by atoms with Gasteiger partial charge in [0.2, 0.25) is 5.91 Å². The number of hydrogen-bond donors (Lipinski definition) is 1. The van der Waals surface area contributed by atoms with Crippen molar-refractivity contribution in [1.29, 1.82) is 0 Å². The topological polar surface area (TPSA) is 50.8 Å². The number of ether oxygens (including phenoxy) is 2. The third-order valence-corrected chi connectivity index (χ3v) is 3.75. The van der Waals surface area contributed by atoms with Gasteiger partial charge in [-0.3, -0.25) is 9.69 Å². The van der Waals surface area contributed by atoms with Crippen molar-refractivity contribution in [2.75, 3.05) is 27.3 Å². The first-order valence-electron chi connectivity index (χ1n) is 8.40. The van der Waals surface area contributed by atoms with Crippen LogP contribution >= 0.6 is 0 Å². The lowest BCUT2D eigenvalue weighted by Gasteiger charge is -2.16. The van der Waals surface area contributed by atoms with Gasteiger partial charge < -0.3 is 14.8 Å². The molecule has 0 aromatic heterocycles. The number of methoxy groups -OCH3 is 1. The highest BCUT2D eigenvalue weighted by Gasteiger charge is 2.07.